The first kappa shape index (κ1) is 22.3. The zero-order valence-corrected chi connectivity index (χ0v) is 19.7. The molecular formula is C25H29N5O5. The molecule has 1 saturated heterocycles. The molecule has 1 fully saturated rings. The third-order valence-electron chi connectivity index (χ3n) is 6.61. The van der Waals surface area contributed by atoms with Gasteiger partial charge < -0.3 is 29.0 Å². The molecular weight excluding hydrogens is 450 g/mol. The maximum absolute atomic E-state index is 6.03. The van der Waals surface area contributed by atoms with Crippen molar-refractivity contribution >= 4 is 11.0 Å². The highest BCUT2D eigenvalue weighted by atomic mass is 16.6. The van der Waals surface area contributed by atoms with Gasteiger partial charge in [-0.05, 0) is 6.07 Å². The molecule has 3 aliphatic heterocycles. The molecule has 3 aromatic heterocycles. The summed E-state index contributed by atoms with van der Waals surface area (Å²) in [5.74, 6) is 3.10. The molecule has 3 aromatic rings. The molecule has 184 valence electrons. The van der Waals surface area contributed by atoms with Crippen molar-refractivity contribution in [3.8, 4) is 23.1 Å². The third-order valence-corrected chi connectivity index (χ3v) is 6.61. The minimum atomic E-state index is 0.107. The van der Waals surface area contributed by atoms with Crippen LogP contribution in [-0.4, -0.2) is 85.7 Å². The Morgan fingerprint density at radius 3 is 2.86 bits per heavy atom. The number of fused-ring (bicyclic) bond motifs is 4. The van der Waals surface area contributed by atoms with Gasteiger partial charge >= 0.3 is 0 Å². The maximum Gasteiger partial charge on any atom is 0.213 e. The number of aromatic nitrogens is 3. The summed E-state index contributed by atoms with van der Waals surface area (Å²) in [6.45, 7) is 6.50. The average molecular weight is 480 g/mol. The van der Waals surface area contributed by atoms with E-state index in [1.54, 1.807) is 13.3 Å². The SMILES string of the molecule is COc1ccc2ncc3c(c2n1)C(CN1CCO[C@@H](CNCc2cc4c(cn2)OCCO4)C1)CO3. The van der Waals surface area contributed by atoms with Gasteiger partial charge in [0, 0.05) is 56.3 Å². The van der Waals surface area contributed by atoms with Gasteiger partial charge in [0.15, 0.2) is 11.5 Å². The Bertz CT molecular complexity index is 1210. The highest BCUT2D eigenvalue weighted by Crippen LogP contribution is 2.38. The van der Waals surface area contributed by atoms with Crippen LogP contribution in [-0.2, 0) is 11.3 Å². The van der Waals surface area contributed by atoms with Crippen LogP contribution in [0.15, 0.2) is 30.6 Å². The van der Waals surface area contributed by atoms with Crippen molar-refractivity contribution in [3.05, 3.63) is 41.9 Å². The Hall–Kier alpha value is -3.21. The van der Waals surface area contributed by atoms with Gasteiger partial charge in [-0.3, -0.25) is 14.9 Å². The summed E-state index contributed by atoms with van der Waals surface area (Å²) in [5.41, 5.74) is 3.77. The largest absolute Gasteiger partial charge is 0.491 e. The molecule has 3 aliphatic rings. The van der Waals surface area contributed by atoms with Gasteiger partial charge in [-0.2, -0.15) is 0 Å². The molecule has 35 heavy (non-hydrogen) atoms. The van der Waals surface area contributed by atoms with E-state index in [-0.39, 0.29) is 12.0 Å². The Balaban J connectivity index is 1.07. The molecule has 0 aromatic carbocycles. The van der Waals surface area contributed by atoms with E-state index in [2.05, 4.69) is 25.2 Å². The summed E-state index contributed by atoms with van der Waals surface area (Å²) in [5, 5.41) is 3.48. The topological polar surface area (TPSA) is 100 Å². The maximum atomic E-state index is 6.03. The molecule has 1 unspecified atom stereocenters. The molecule has 0 bridgehead atoms. The summed E-state index contributed by atoms with van der Waals surface area (Å²) in [4.78, 5) is 16.1. The van der Waals surface area contributed by atoms with E-state index in [9.17, 15) is 0 Å². The highest BCUT2D eigenvalue weighted by molar-refractivity contribution is 5.81. The lowest BCUT2D eigenvalue weighted by Gasteiger charge is -2.34. The smallest absolute Gasteiger partial charge is 0.213 e. The number of nitrogens with zero attached hydrogens (tertiary/aromatic N) is 4. The predicted octanol–water partition coefficient (Wildman–Crippen LogP) is 1.77. The zero-order valence-electron chi connectivity index (χ0n) is 19.7. The van der Waals surface area contributed by atoms with Crippen molar-refractivity contribution < 1.29 is 23.7 Å². The van der Waals surface area contributed by atoms with Crippen LogP contribution in [0, 0.1) is 0 Å². The summed E-state index contributed by atoms with van der Waals surface area (Å²) in [6.07, 6.45) is 3.65. The van der Waals surface area contributed by atoms with E-state index in [4.69, 9.17) is 23.7 Å². The fourth-order valence-corrected chi connectivity index (χ4v) is 4.92. The van der Waals surface area contributed by atoms with Crippen molar-refractivity contribution in [3.63, 3.8) is 0 Å². The number of rotatable bonds is 7. The normalized spacial score (nSPS) is 21.5. The van der Waals surface area contributed by atoms with E-state index in [0.29, 0.717) is 44.6 Å². The molecule has 1 N–H and O–H groups in total. The molecule has 0 radical (unpaired) electrons. The number of morpholine rings is 1. The Labute approximate surface area is 203 Å². The Morgan fingerprint density at radius 2 is 1.94 bits per heavy atom. The van der Waals surface area contributed by atoms with Crippen LogP contribution in [0.2, 0.25) is 0 Å². The van der Waals surface area contributed by atoms with E-state index in [0.717, 1.165) is 60.0 Å². The second-order valence-corrected chi connectivity index (χ2v) is 8.97. The number of methoxy groups -OCH3 is 1. The van der Waals surface area contributed by atoms with Gasteiger partial charge in [0.2, 0.25) is 5.88 Å². The molecule has 2 atom stereocenters. The lowest BCUT2D eigenvalue weighted by molar-refractivity contribution is -0.0293. The van der Waals surface area contributed by atoms with E-state index in [1.807, 2.05) is 24.4 Å². The minimum absolute atomic E-state index is 0.107. The fourth-order valence-electron chi connectivity index (χ4n) is 4.92. The van der Waals surface area contributed by atoms with Crippen LogP contribution in [0.4, 0.5) is 0 Å². The lowest BCUT2D eigenvalue weighted by Crippen LogP contribution is -2.47. The van der Waals surface area contributed by atoms with Gasteiger partial charge in [-0.25, -0.2) is 4.98 Å². The van der Waals surface area contributed by atoms with Crippen LogP contribution in [0.3, 0.4) is 0 Å². The third kappa shape index (κ3) is 4.69. The van der Waals surface area contributed by atoms with Crippen LogP contribution in [0.25, 0.3) is 11.0 Å². The fraction of sp³-hybridized carbons (Fsp3) is 0.480. The number of hydrogen-bond acceptors (Lipinski definition) is 10. The number of pyridine rings is 3. The van der Waals surface area contributed by atoms with Crippen molar-refractivity contribution in [1.82, 2.24) is 25.2 Å². The molecule has 6 heterocycles. The Morgan fingerprint density at radius 1 is 1.06 bits per heavy atom. The first-order valence-corrected chi connectivity index (χ1v) is 12.0. The van der Waals surface area contributed by atoms with Gasteiger partial charge in [-0.1, -0.05) is 0 Å². The van der Waals surface area contributed by atoms with Crippen molar-refractivity contribution in [1.29, 1.82) is 0 Å². The molecule has 10 heteroatoms. The number of nitrogens with one attached hydrogen (secondary N) is 1. The molecule has 6 rings (SSSR count). The number of hydrogen-bond donors (Lipinski definition) is 1. The summed E-state index contributed by atoms with van der Waals surface area (Å²) < 4.78 is 28.6. The van der Waals surface area contributed by atoms with Gasteiger partial charge in [0.25, 0.3) is 0 Å². The average Bonchev–Trinajstić information content (AvgIpc) is 3.31. The van der Waals surface area contributed by atoms with Gasteiger partial charge in [-0.15, -0.1) is 0 Å². The van der Waals surface area contributed by atoms with E-state index < -0.39 is 0 Å². The van der Waals surface area contributed by atoms with Gasteiger partial charge in [0.1, 0.15) is 24.5 Å². The summed E-state index contributed by atoms with van der Waals surface area (Å²) in [7, 11) is 1.63. The van der Waals surface area contributed by atoms with E-state index in [1.165, 1.54) is 0 Å². The monoisotopic (exact) mass is 479 g/mol. The second kappa shape index (κ2) is 9.80. The minimum Gasteiger partial charge on any atom is -0.491 e. The first-order chi connectivity index (χ1) is 17.3. The predicted molar refractivity (Wildman–Crippen MR) is 127 cm³/mol. The summed E-state index contributed by atoms with van der Waals surface area (Å²) >= 11 is 0. The second-order valence-electron chi connectivity index (χ2n) is 8.97. The van der Waals surface area contributed by atoms with Crippen molar-refractivity contribution in [2.45, 2.75) is 18.6 Å². The first-order valence-electron chi connectivity index (χ1n) is 12.0. The lowest BCUT2D eigenvalue weighted by atomic mass is 9.99. The van der Waals surface area contributed by atoms with Crippen molar-refractivity contribution in [2.24, 2.45) is 0 Å². The molecule has 0 saturated carbocycles. The standard InChI is InChI=1S/C25H29N5O5/c1-31-23-3-2-19-25(29-23)24-16(15-35-22(24)12-28-19)13-30-4-5-32-18(14-30)10-26-9-17-8-20-21(11-27-17)34-7-6-33-20/h2-3,8,11-12,16,18,26H,4-7,9-10,13-15H2,1H3/t16?,18-/m0/s1. The molecule has 10 nitrogen and oxygen atoms in total. The quantitative estimate of drug-likeness (QED) is 0.540. The van der Waals surface area contributed by atoms with Crippen LogP contribution >= 0.6 is 0 Å². The number of ether oxygens (including phenoxy) is 5. The van der Waals surface area contributed by atoms with Crippen LogP contribution in [0.1, 0.15) is 17.2 Å². The summed E-state index contributed by atoms with van der Waals surface area (Å²) in [6, 6.07) is 5.73. The van der Waals surface area contributed by atoms with E-state index >= 15 is 0 Å². The molecule has 0 aliphatic carbocycles. The van der Waals surface area contributed by atoms with Gasteiger partial charge in [0.05, 0.1) is 50.0 Å². The molecule has 0 amide bonds. The highest BCUT2D eigenvalue weighted by Gasteiger charge is 2.31. The Kier molecular flexibility index (Phi) is 6.24. The van der Waals surface area contributed by atoms with Crippen molar-refractivity contribution in [2.75, 3.05) is 59.7 Å². The molecule has 0 spiro atoms. The van der Waals surface area contributed by atoms with Crippen LogP contribution in [0.5, 0.6) is 23.1 Å². The van der Waals surface area contributed by atoms with Crippen LogP contribution < -0.4 is 24.3 Å². The zero-order chi connectivity index (χ0) is 23.6.